The number of nitrogens with zero attached hydrogens (tertiary/aromatic N) is 2. The summed E-state index contributed by atoms with van der Waals surface area (Å²) in [5.41, 5.74) is 5.14. The van der Waals surface area contributed by atoms with Crippen LogP contribution in [0.4, 0.5) is 0 Å². The summed E-state index contributed by atoms with van der Waals surface area (Å²) in [5, 5.41) is 8.09. The Kier molecular flexibility index (Phi) is 4.88. The fourth-order valence-electron chi connectivity index (χ4n) is 4.14. The minimum atomic E-state index is -0.0487. The molecule has 0 aliphatic heterocycles. The molecule has 0 bridgehead atoms. The molecule has 1 aromatic heterocycles. The zero-order chi connectivity index (χ0) is 19.9. The van der Waals surface area contributed by atoms with Gasteiger partial charge in [-0.3, -0.25) is 4.79 Å². The number of carbonyl (C=O) groups excluding carboxylic acids is 1. The zero-order valence-electron chi connectivity index (χ0n) is 16.4. The van der Waals surface area contributed by atoms with Crippen LogP contribution in [-0.4, -0.2) is 15.7 Å². The normalized spacial score (nSPS) is 17.8. The van der Waals surface area contributed by atoms with E-state index in [4.69, 9.17) is 5.10 Å². The molecule has 1 unspecified atom stereocenters. The fraction of sp³-hybridized carbons (Fsp3) is 0.304. The van der Waals surface area contributed by atoms with Crippen molar-refractivity contribution in [2.24, 2.45) is 5.41 Å². The first-order chi connectivity index (χ1) is 13.3. The van der Waals surface area contributed by atoms with E-state index >= 15 is 0 Å². The summed E-state index contributed by atoms with van der Waals surface area (Å²) in [7, 11) is 0. The Labute approximate surface area is 174 Å². The summed E-state index contributed by atoms with van der Waals surface area (Å²) >= 11 is 3.42. The topological polar surface area (TPSA) is 46.9 Å². The molecule has 1 heterocycles. The molecule has 1 amide bonds. The molecule has 2 aromatic carbocycles. The SMILES string of the molecule is Cc1nn(-c2ccccc2)c2c1C(NC(=O)c1ccc(Br)cc1)CC(C)(C)C2. The predicted octanol–water partition coefficient (Wildman–Crippen LogP) is 5.39. The molecular weight excluding hydrogens is 414 g/mol. The van der Waals surface area contributed by atoms with Gasteiger partial charge in [-0.2, -0.15) is 5.10 Å². The maximum Gasteiger partial charge on any atom is 0.251 e. The Morgan fingerprint density at radius 2 is 1.82 bits per heavy atom. The largest absolute Gasteiger partial charge is 0.345 e. The van der Waals surface area contributed by atoms with Crippen molar-refractivity contribution in [2.75, 3.05) is 0 Å². The molecule has 0 radical (unpaired) electrons. The lowest BCUT2D eigenvalue weighted by molar-refractivity contribution is 0.0919. The first-order valence-corrected chi connectivity index (χ1v) is 10.3. The van der Waals surface area contributed by atoms with Crippen LogP contribution in [0, 0.1) is 12.3 Å². The fourth-order valence-corrected chi connectivity index (χ4v) is 4.40. The number of amides is 1. The van der Waals surface area contributed by atoms with E-state index in [-0.39, 0.29) is 17.4 Å². The maximum atomic E-state index is 12.9. The molecular formula is C23H24BrN3O. The predicted molar refractivity (Wildman–Crippen MR) is 115 cm³/mol. The van der Waals surface area contributed by atoms with Gasteiger partial charge in [0.15, 0.2) is 0 Å². The van der Waals surface area contributed by atoms with E-state index in [1.165, 1.54) is 5.69 Å². The molecule has 4 rings (SSSR count). The van der Waals surface area contributed by atoms with Crippen molar-refractivity contribution in [3.63, 3.8) is 0 Å². The number of benzene rings is 2. The molecule has 144 valence electrons. The van der Waals surface area contributed by atoms with E-state index < -0.39 is 0 Å². The summed E-state index contributed by atoms with van der Waals surface area (Å²) in [4.78, 5) is 12.9. The highest BCUT2D eigenvalue weighted by molar-refractivity contribution is 9.10. The summed E-state index contributed by atoms with van der Waals surface area (Å²) in [5.74, 6) is -0.0481. The van der Waals surface area contributed by atoms with E-state index in [1.54, 1.807) is 0 Å². The van der Waals surface area contributed by atoms with Gasteiger partial charge in [0.2, 0.25) is 0 Å². The van der Waals surface area contributed by atoms with Crippen LogP contribution >= 0.6 is 15.9 Å². The number of hydrogen-bond acceptors (Lipinski definition) is 2. The molecule has 1 aliphatic carbocycles. The molecule has 0 spiro atoms. The van der Waals surface area contributed by atoms with Crippen LogP contribution < -0.4 is 5.32 Å². The van der Waals surface area contributed by atoms with Gasteiger partial charge in [-0.25, -0.2) is 4.68 Å². The van der Waals surface area contributed by atoms with Crippen LogP contribution in [0.2, 0.25) is 0 Å². The van der Waals surface area contributed by atoms with Gasteiger partial charge in [-0.05, 0) is 61.6 Å². The molecule has 0 saturated heterocycles. The summed E-state index contributed by atoms with van der Waals surface area (Å²) in [6.07, 6.45) is 1.83. The first kappa shape index (κ1) is 18.9. The number of para-hydroxylation sites is 1. The van der Waals surface area contributed by atoms with Crippen LogP contribution in [0.3, 0.4) is 0 Å². The summed E-state index contributed by atoms with van der Waals surface area (Å²) in [6.45, 7) is 6.55. The van der Waals surface area contributed by atoms with Crippen LogP contribution in [0.5, 0.6) is 0 Å². The second kappa shape index (κ2) is 7.21. The maximum absolute atomic E-state index is 12.9. The van der Waals surface area contributed by atoms with E-state index in [2.05, 4.69) is 47.2 Å². The number of aromatic nitrogens is 2. The smallest absolute Gasteiger partial charge is 0.251 e. The third kappa shape index (κ3) is 3.63. The van der Waals surface area contributed by atoms with Crippen LogP contribution in [-0.2, 0) is 6.42 Å². The first-order valence-electron chi connectivity index (χ1n) is 9.54. The molecule has 1 aliphatic rings. The highest BCUT2D eigenvalue weighted by atomic mass is 79.9. The van der Waals surface area contributed by atoms with Gasteiger partial charge >= 0.3 is 0 Å². The lowest BCUT2D eigenvalue weighted by atomic mass is 9.73. The van der Waals surface area contributed by atoms with Crippen molar-refractivity contribution in [3.05, 3.63) is 81.6 Å². The molecule has 5 heteroatoms. The minimum absolute atomic E-state index is 0.0481. The Balaban J connectivity index is 1.72. The second-order valence-electron chi connectivity index (χ2n) is 8.27. The van der Waals surface area contributed by atoms with Crippen LogP contribution in [0.1, 0.15) is 53.6 Å². The van der Waals surface area contributed by atoms with Gasteiger partial charge < -0.3 is 5.32 Å². The van der Waals surface area contributed by atoms with Crippen LogP contribution in [0.15, 0.2) is 59.1 Å². The molecule has 1 atom stereocenters. The van der Waals surface area contributed by atoms with E-state index in [0.717, 1.165) is 34.3 Å². The van der Waals surface area contributed by atoms with E-state index in [1.807, 2.05) is 54.1 Å². The third-order valence-corrected chi connectivity index (χ3v) is 5.90. The van der Waals surface area contributed by atoms with Gasteiger partial charge in [0.1, 0.15) is 0 Å². The Morgan fingerprint density at radius 1 is 1.14 bits per heavy atom. The average molecular weight is 438 g/mol. The molecule has 3 aromatic rings. The number of aryl methyl sites for hydroxylation is 1. The quantitative estimate of drug-likeness (QED) is 0.596. The van der Waals surface area contributed by atoms with E-state index in [0.29, 0.717) is 5.56 Å². The minimum Gasteiger partial charge on any atom is -0.345 e. The highest BCUT2D eigenvalue weighted by Crippen LogP contribution is 2.42. The second-order valence-corrected chi connectivity index (χ2v) is 9.19. The Morgan fingerprint density at radius 3 is 2.50 bits per heavy atom. The van der Waals surface area contributed by atoms with Crippen molar-refractivity contribution < 1.29 is 4.79 Å². The van der Waals surface area contributed by atoms with Crippen molar-refractivity contribution in [3.8, 4) is 5.69 Å². The summed E-state index contributed by atoms with van der Waals surface area (Å²) < 4.78 is 3.01. The Hall–Kier alpha value is -2.40. The molecule has 0 saturated carbocycles. The van der Waals surface area contributed by atoms with Crippen molar-refractivity contribution >= 4 is 21.8 Å². The van der Waals surface area contributed by atoms with Gasteiger partial charge in [0.25, 0.3) is 5.91 Å². The number of carbonyl (C=O) groups is 1. The molecule has 0 fully saturated rings. The van der Waals surface area contributed by atoms with Crippen molar-refractivity contribution in [1.29, 1.82) is 0 Å². The van der Waals surface area contributed by atoms with Crippen LogP contribution in [0.25, 0.3) is 5.69 Å². The highest BCUT2D eigenvalue weighted by Gasteiger charge is 2.37. The van der Waals surface area contributed by atoms with Gasteiger partial charge in [-0.15, -0.1) is 0 Å². The number of fused-ring (bicyclic) bond motifs is 1. The number of rotatable bonds is 3. The number of halogens is 1. The molecule has 1 N–H and O–H groups in total. The van der Waals surface area contributed by atoms with Gasteiger partial charge in [-0.1, -0.05) is 48.0 Å². The average Bonchev–Trinajstić information content (AvgIpc) is 2.98. The van der Waals surface area contributed by atoms with Gasteiger partial charge in [0.05, 0.1) is 23.1 Å². The monoisotopic (exact) mass is 437 g/mol. The number of nitrogens with one attached hydrogen (secondary N) is 1. The zero-order valence-corrected chi connectivity index (χ0v) is 18.0. The summed E-state index contributed by atoms with van der Waals surface area (Å²) in [6, 6.07) is 17.6. The van der Waals surface area contributed by atoms with Crippen molar-refractivity contribution in [1.82, 2.24) is 15.1 Å². The van der Waals surface area contributed by atoms with Gasteiger partial charge in [0, 0.05) is 15.6 Å². The lowest BCUT2D eigenvalue weighted by Crippen LogP contribution is -2.37. The third-order valence-electron chi connectivity index (χ3n) is 5.37. The molecule has 28 heavy (non-hydrogen) atoms. The standard InChI is InChI=1S/C23H24BrN3O/c1-15-21-19(25-22(28)16-9-11-17(24)12-10-16)13-23(2,3)14-20(21)27(26-15)18-7-5-4-6-8-18/h4-12,19H,13-14H2,1-3H3,(H,25,28). The Bertz CT molecular complexity index is 1010. The lowest BCUT2D eigenvalue weighted by Gasteiger charge is -2.36. The number of hydrogen-bond donors (Lipinski definition) is 1. The van der Waals surface area contributed by atoms with E-state index in [9.17, 15) is 4.79 Å². The molecule has 4 nitrogen and oxygen atoms in total. The van der Waals surface area contributed by atoms with Crippen molar-refractivity contribution in [2.45, 2.75) is 39.7 Å².